The molecular formula is C19H23NO4. The van der Waals surface area contributed by atoms with Gasteiger partial charge in [-0.3, -0.25) is 4.79 Å². The smallest absolute Gasteiger partial charge is 0.261 e. The van der Waals surface area contributed by atoms with Crippen LogP contribution in [0.25, 0.3) is 0 Å². The Balaban J connectivity index is 1.92. The maximum absolute atomic E-state index is 12.2. The number of methoxy groups -OCH3 is 2. The number of nitrogens with one attached hydrogen (secondary N) is 1. The van der Waals surface area contributed by atoms with E-state index in [1.54, 1.807) is 21.1 Å². The first-order valence-electron chi connectivity index (χ1n) is 7.75. The normalized spacial score (nSPS) is 11.5. The van der Waals surface area contributed by atoms with Gasteiger partial charge < -0.3 is 19.5 Å². The molecule has 2 rings (SSSR count). The largest absolute Gasteiger partial charge is 0.493 e. The summed E-state index contributed by atoms with van der Waals surface area (Å²) in [5.41, 5.74) is 2.01. The minimum Gasteiger partial charge on any atom is -0.493 e. The Hall–Kier alpha value is -2.69. The van der Waals surface area contributed by atoms with Gasteiger partial charge in [-0.2, -0.15) is 0 Å². The molecule has 5 heteroatoms. The maximum atomic E-state index is 12.2. The van der Waals surface area contributed by atoms with Crippen molar-refractivity contribution in [2.45, 2.75) is 26.5 Å². The van der Waals surface area contributed by atoms with Crippen LogP contribution in [0.15, 0.2) is 42.5 Å². The summed E-state index contributed by atoms with van der Waals surface area (Å²) in [7, 11) is 3.17. The van der Waals surface area contributed by atoms with Gasteiger partial charge in [0.2, 0.25) is 0 Å². The summed E-state index contributed by atoms with van der Waals surface area (Å²) in [6, 6.07) is 13.2. The molecule has 1 atom stereocenters. The number of rotatable bonds is 7. The van der Waals surface area contributed by atoms with Crippen molar-refractivity contribution in [3.8, 4) is 17.2 Å². The fourth-order valence-corrected chi connectivity index (χ4v) is 2.27. The Kier molecular flexibility index (Phi) is 6.07. The molecule has 0 radical (unpaired) electrons. The van der Waals surface area contributed by atoms with Crippen molar-refractivity contribution >= 4 is 5.91 Å². The van der Waals surface area contributed by atoms with E-state index in [0.717, 1.165) is 11.1 Å². The number of aryl methyl sites for hydroxylation is 1. The van der Waals surface area contributed by atoms with Crippen LogP contribution in [0.3, 0.4) is 0 Å². The van der Waals surface area contributed by atoms with Crippen molar-refractivity contribution in [3.05, 3.63) is 53.6 Å². The van der Waals surface area contributed by atoms with Crippen LogP contribution in [-0.4, -0.2) is 26.2 Å². The number of amides is 1. The minimum atomic E-state index is -0.577. The third kappa shape index (κ3) is 4.65. The molecule has 0 spiro atoms. The van der Waals surface area contributed by atoms with Crippen molar-refractivity contribution in [2.75, 3.05) is 14.2 Å². The van der Waals surface area contributed by atoms with E-state index in [-0.39, 0.29) is 5.91 Å². The van der Waals surface area contributed by atoms with Crippen LogP contribution in [0.4, 0.5) is 0 Å². The summed E-state index contributed by atoms with van der Waals surface area (Å²) in [5, 5.41) is 2.86. The fourth-order valence-electron chi connectivity index (χ4n) is 2.27. The second-order valence-corrected chi connectivity index (χ2v) is 5.48. The first-order chi connectivity index (χ1) is 11.5. The zero-order chi connectivity index (χ0) is 17.5. The van der Waals surface area contributed by atoms with Crippen molar-refractivity contribution in [2.24, 2.45) is 0 Å². The van der Waals surface area contributed by atoms with Crippen LogP contribution in [0.5, 0.6) is 17.2 Å². The Bertz CT molecular complexity index is 700. The second-order valence-electron chi connectivity index (χ2n) is 5.48. The van der Waals surface area contributed by atoms with Gasteiger partial charge in [0.25, 0.3) is 5.91 Å². The van der Waals surface area contributed by atoms with Gasteiger partial charge in [-0.1, -0.05) is 18.2 Å². The van der Waals surface area contributed by atoms with Crippen LogP contribution in [0.1, 0.15) is 18.1 Å². The molecule has 0 saturated heterocycles. The highest BCUT2D eigenvalue weighted by atomic mass is 16.5. The quantitative estimate of drug-likeness (QED) is 0.848. The zero-order valence-corrected chi connectivity index (χ0v) is 14.5. The summed E-state index contributed by atoms with van der Waals surface area (Å²) in [6.07, 6.45) is -0.577. The number of benzene rings is 2. The molecule has 0 fully saturated rings. The van der Waals surface area contributed by atoms with Gasteiger partial charge in [-0.05, 0) is 49.2 Å². The van der Waals surface area contributed by atoms with Crippen LogP contribution >= 0.6 is 0 Å². The Morgan fingerprint density at radius 2 is 1.83 bits per heavy atom. The molecule has 0 aliphatic carbocycles. The van der Waals surface area contributed by atoms with Gasteiger partial charge in [0.15, 0.2) is 17.6 Å². The lowest BCUT2D eigenvalue weighted by atomic mass is 10.2. The van der Waals surface area contributed by atoms with Gasteiger partial charge in [-0.15, -0.1) is 0 Å². The van der Waals surface area contributed by atoms with Crippen LogP contribution in [0, 0.1) is 6.92 Å². The molecule has 0 bridgehead atoms. The van der Waals surface area contributed by atoms with Crippen molar-refractivity contribution in [3.63, 3.8) is 0 Å². The Morgan fingerprint density at radius 1 is 1.08 bits per heavy atom. The molecule has 0 heterocycles. The highest BCUT2D eigenvalue weighted by molar-refractivity contribution is 5.80. The highest BCUT2D eigenvalue weighted by Crippen LogP contribution is 2.27. The Labute approximate surface area is 142 Å². The van der Waals surface area contributed by atoms with E-state index in [1.165, 1.54) is 0 Å². The lowest BCUT2D eigenvalue weighted by Crippen LogP contribution is -2.35. The molecule has 1 amide bonds. The third-order valence-corrected chi connectivity index (χ3v) is 3.59. The van der Waals surface area contributed by atoms with Gasteiger partial charge in [0, 0.05) is 6.54 Å². The summed E-state index contributed by atoms with van der Waals surface area (Å²) in [4.78, 5) is 12.2. The molecule has 128 valence electrons. The van der Waals surface area contributed by atoms with Crippen molar-refractivity contribution < 1.29 is 19.0 Å². The van der Waals surface area contributed by atoms with E-state index >= 15 is 0 Å². The topological polar surface area (TPSA) is 56.8 Å². The van der Waals surface area contributed by atoms with Crippen LogP contribution < -0.4 is 19.5 Å². The van der Waals surface area contributed by atoms with E-state index in [2.05, 4.69) is 5.32 Å². The standard InChI is InChI=1S/C19H23NO4/c1-13-6-5-7-16(10-13)24-14(2)19(21)20-12-15-8-9-17(22-3)18(11-15)23-4/h5-11,14H,12H2,1-4H3,(H,20,21)/t14-/m1/s1. The molecule has 1 N–H and O–H groups in total. The SMILES string of the molecule is COc1ccc(CNC(=O)[C@@H](C)Oc2cccc(C)c2)cc1OC. The number of carbonyl (C=O) groups is 1. The van der Waals surface area contributed by atoms with E-state index in [9.17, 15) is 4.79 Å². The molecule has 0 aromatic heterocycles. The highest BCUT2D eigenvalue weighted by Gasteiger charge is 2.14. The monoisotopic (exact) mass is 329 g/mol. The van der Waals surface area contributed by atoms with Crippen LogP contribution in [0.2, 0.25) is 0 Å². The number of hydrogen-bond donors (Lipinski definition) is 1. The summed E-state index contributed by atoms with van der Waals surface area (Å²) in [6.45, 7) is 4.10. The van der Waals surface area contributed by atoms with Gasteiger partial charge in [0.1, 0.15) is 5.75 Å². The first kappa shape index (κ1) is 17.7. The predicted octanol–water partition coefficient (Wildman–Crippen LogP) is 3.10. The summed E-state index contributed by atoms with van der Waals surface area (Å²) >= 11 is 0. The maximum Gasteiger partial charge on any atom is 0.261 e. The average molecular weight is 329 g/mol. The Morgan fingerprint density at radius 3 is 2.50 bits per heavy atom. The molecule has 0 saturated carbocycles. The number of carbonyl (C=O) groups excluding carboxylic acids is 1. The molecule has 2 aromatic carbocycles. The van der Waals surface area contributed by atoms with Gasteiger partial charge in [0.05, 0.1) is 14.2 Å². The summed E-state index contributed by atoms with van der Waals surface area (Å²) in [5.74, 6) is 1.80. The molecule has 24 heavy (non-hydrogen) atoms. The molecule has 5 nitrogen and oxygen atoms in total. The molecule has 0 unspecified atom stereocenters. The molecule has 0 aliphatic rings. The molecule has 0 aliphatic heterocycles. The molecular weight excluding hydrogens is 306 g/mol. The number of ether oxygens (including phenoxy) is 3. The average Bonchev–Trinajstić information content (AvgIpc) is 2.59. The second kappa shape index (κ2) is 8.24. The first-order valence-corrected chi connectivity index (χ1v) is 7.75. The lowest BCUT2D eigenvalue weighted by Gasteiger charge is -2.15. The van der Waals surface area contributed by atoms with Crippen molar-refractivity contribution in [1.82, 2.24) is 5.32 Å². The summed E-state index contributed by atoms with van der Waals surface area (Å²) < 4.78 is 16.1. The van der Waals surface area contributed by atoms with E-state index < -0.39 is 6.10 Å². The lowest BCUT2D eigenvalue weighted by molar-refractivity contribution is -0.127. The van der Waals surface area contributed by atoms with E-state index in [0.29, 0.717) is 23.8 Å². The van der Waals surface area contributed by atoms with Gasteiger partial charge in [-0.25, -0.2) is 0 Å². The third-order valence-electron chi connectivity index (χ3n) is 3.59. The van der Waals surface area contributed by atoms with E-state index in [1.807, 2.05) is 49.4 Å². The van der Waals surface area contributed by atoms with Gasteiger partial charge >= 0.3 is 0 Å². The zero-order valence-electron chi connectivity index (χ0n) is 14.5. The van der Waals surface area contributed by atoms with E-state index in [4.69, 9.17) is 14.2 Å². The van der Waals surface area contributed by atoms with Crippen molar-refractivity contribution in [1.29, 1.82) is 0 Å². The fraction of sp³-hybridized carbons (Fsp3) is 0.316. The number of hydrogen-bond acceptors (Lipinski definition) is 4. The minimum absolute atomic E-state index is 0.175. The molecule has 2 aromatic rings. The van der Waals surface area contributed by atoms with Crippen LogP contribution in [-0.2, 0) is 11.3 Å². The predicted molar refractivity (Wildman–Crippen MR) is 92.7 cm³/mol.